The summed E-state index contributed by atoms with van der Waals surface area (Å²) in [6.07, 6.45) is 0. The van der Waals surface area contributed by atoms with Crippen molar-refractivity contribution < 1.29 is 8.83 Å². The standard InChI is InChI=1S/C58H38N2O2S/c1-35-25-29-37(30-26-35)59(49-21-11-19-43-41-15-7-9-23-53(41)61-55(43)49)51-33-47-48-34-52(40-14-4-6-18-46(40)58(48)63-57(47)45-17-5-3-13-39(45)51)60(38-31-27-36(2)28-32-38)50-22-12-20-44-42-16-8-10-24-54(42)62-56(44)50/h3-34H,1-2H3. The van der Waals surface area contributed by atoms with Crippen molar-refractivity contribution in [2.45, 2.75) is 13.8 Å². The van der Waals surface area contributed by atoms with Gasteiger partial charge in [-0.2, -0.15) is 0 Å². The van der Waals surface area contributed by atoms with Crippen LogP contribution in [0.1, 0.15) is 11.1 Å². The molecule has 4 nitrogen and oxygen atoms in total. The molecule has 0 aliphatic heterocycles. The second-order valence-corrected chi connectivity index (χ2v) is 17.6. The quantitative estimate of drug-likeness (QED) is 0.167. The lowest BCUT2D eigenvalue weighted by Crippen LogP contribution is -2.11. The molecule has 13 rings (SSSR count). The van der Waals surface area contributed by atoms with Crippen molar-refractivity contribution in [3.8, 4) is 0 Å². The maximum absolute atomic E-state index is 6.76. The summed E-state index contributed by atoms with van der Waals surface area (Å²) in [5.41, 5.74) is 12.2. The first-order chi connectivity index (χ1) is 31.1. The summed E-state index contributed by atoms with van der Waals surface area (Å²) in [5, 5.41) is 11.6. The molecular weight excluding hydrogens is 789 g/mol. The number of anilines is 6. The van der Waals surface area contributed by atoms with Crippen molar-refractivity contribution >= 4 is 131 Å². The second-order valence-electron chi connectivity index (χ2n) is 16.6. The summed E-state index contributed by atoms with van der Waals surface area (Å²) in [4.78, 5) is 4.80. The number of fused-ring (bicyclic) bond motifs is 13. The van der Waals surface area contributed by atoms with Gasteiger partial charge in [0.15, 0.2) is 11.2 Å². The minimum absolute atomic E-state index is 0.861. The molecule has 0 N–H and O–H groups in total. The van der Waals surface area contributed by atoms with Gasteiger partial charge >= 0.3 is 0 Å². The number of rotatable bonds is 6. The summed E-state index contributed by atoms with van der Waals surface area (Å²) >= 11 is 1.89. The lowest BCUT2D eigenvalue weighted by molar-refractivity contribution is 0.669. The SMILES string of the molecule is Cc1ccc(N(c2cc3c4cc(N(c5ccc(C)cc5)c5cccc6c5oc5ccccc56)c5ccccc5c4sc3c3ccccc23)c2cccc3c2oc2ccccc23)cc1. The van der Waals surface area contributed by atoms with Crippen molar-refractivity contribution in [3.05, 3.63) is 205 Å². The molecule has 10 aromatic carbocycles. The van der Waals surface area contributed by atoms with Crippen LogP contribution in [-0.2, 0) is 0 Å². The number of hydrogen-bond donors (Lipinski definition) is 0. The van der Waals surface area contributed by atoms with Crippen LogP contribution in [0.25, 0.3) is 85.6 Å². The second kappa shape index (κ2) is 13.8. The first-order valence-electron chi connectivity index (χ1n) is 21.4. The summed E-state index contributed by atoms with van der Waals surface area (Å²) in [7, 11) is 0. The van der Waals surface area contributed by atoms with E-state index in [4.69, 9.17) is 8.83 Å². The lowest BCUT2D eigenvalue weighted by atomic mass is 9.99. The van der Waals surface area contributed by atoms with Gasteiger partial charge in [0.25, 0.3) is 0 Å². The Morgan fingerprint density at radius 1 is 0.317 bits per heavy atom. The average Bonchev–Trinajstić information content (AvgIpc) is 4.03. The molecule has 0 saturated heterocycles. The van der Waals surface area contributed by atoms with E-state index >= 15 is 0 Å². The normalized spacial score (nSPS) is 12.0. The maximum Gasteiger partial charge on any atom is 0.159 e. The molecule has 3 aromatic heterocycles. The molecule has 3 heterocycles. The molecule has 0 spiro atoms. The van der Waals surface area contributed by atoms with Gasteiger partial charge in [0, 0.05) is 74.6 Å². The van der Waals surface area contributed by atoms with Crippen LogP contribution in [0.5, 0.6) is 0 Å². The van der Waals surface area contributed by atoms with E-state index in [1.807, 2.05) is 23.5 Å². The predicted octanol–water partition coefficient (Wildman–Crippen LogP) is 17.7. The fraction of sp³-hybridized carbons (Fsp3) is 0.0345. The summed E-state index contributed by atoms with van der Waals surface area (Å²) in [6.45, 7) is 4.28. The Morgan fingerprint density at radius 2 is 0.683 bits per heavy atom. The van der Waals surface area contributed by atoms with Crippen molar-refractivity contribution in [1.82, 2.24) is 0 Å². The molecule has 0 fully saturated rings. The number of nitrogens with zero attached hydrogens (tertiary/aromatic N) is 2. The Labute approximate surface area is 367 Å². The van der Waals surface area contributed by atoms with Gasteiger partial charge in [0.1, 0.15) is 11.2 Å². The van der Waals surface area contributed by atoms with Gasteiger partial charge in [0.05, 0.1) is 22.7 Å². The van der Waals surface area contributed by atoms with Gasteiger partial charge in [-0.05, 0) is 74.5 Å². The first-order valence-corrected chi connectivity index (χ1v) is 22.2. The molecule has 13 aromatic rings. The monoisotopic (exact) mass is 826 g/mol. The average molecular weight is 827 g/mol. The Bertz CT molecular complexity index is 3690. The molecule has 298 valence electrons. The summed E-state index contributed by atoms with van der Waals surface area (Å²) in [5.74, 6) is 0. The lowest BCUT2D eigenvalue weighted by Gasteiger charge is -2.28. The van der Waals surface area contributed by atoms with Gasteiger partial charge in [-0.3, -0.25) is 0 Å². The van der Waals surface area contributed by atoms with E-state index in [0.29, 0.717) is 0 Å². The van der Waals surface area contributed by atoms with Gasteiger partial charge in [-0.25, -0.2) is 0 Å². The number of thiophene rings is 1. The van der Waals surface area contributed by atoms with E-state index in [9.17, 15) is 0 Å². The molecule has 0 aliphatic rings. The third-order valence-corrected chi connectivity index (χ3v) is 14.0. The van der Waals surface area contributed by atoms with Crippen LogP contribution < -0.4 is 9.80 Å². The molecule has 0 atom stereocenters. The largest absolute Gasteiger partial charge is 0.454 e. The Kier molecular flexibility index (Phi) is 7.87. The molecule has 0 bridgehead atoms. The number of hydrogen-bond acceptors (Lipinski definition) is 5. The van der Waals surface area contributed by atoms with Crippen LogP contribution in [-0.4, -0.2) is 0 Å². The summed E-state index contributed by atoms with van der Waals surface area (Å²) < 4.78 is 16.1. The number of benzene rings is 10. The number of para-hydroxylation sites is 4. The van der Waals surface area contributed by atoms with Crippen molar-refractivity contribution in [1.29, 1.82) is 0 Å². The Morgan fingerprint density at radius 3 is 1.11 bits per heavy atom. The van der Waals surface area contributed by atoms with Crippen LogP contribution in [0, 0.1) is 13.8 Å². The van der Waals surface area contributed by atoms with Crippen molar-refractivity contribution in [3.63, 3.8) is 0 Å². The van der Waals surface area contributed by atoms with E-state index in [0.717, 1.165) is 78.0 Å². The zero-order valence-corrected chi connectivity index (χ0v) is 35.4. The molecule has 0 saturated carbocycles. The molecule has 0 amide bonds. The van der Waals surface area contributed by atoms with Gasteiger partial charge in [0.2, 0.25) is 0 Å². The molecule has 5 heteroatoms. The van der Waals surface area contributed by atoms with Crippen LogP contribution in [0.4, 0.5) is 34.1 Å². The van der Waals surface area contributed by atoms with Gasteiger partial charge in [-0.1, -0.05) is 145 Å². The highest BCUT2D eigenvalue weighted by molar-refractivity contribution is 7.27. The van der Waals surface area contributed by atoms with E-state index in [1.54, 1.807) is 0 Å². The third kappa shape index (κ3) is 5.46. The Hall–Kier alpha value is -7.86. The molecular formula is C58H38N2O2S. The number of aryl methyl sites for hydroxylation is 2. The fourth-order valence-corrected chi connectivity index (χ4v) is 11.1. The zero-order valence-electron chi connectivity index (χ0n) is 34.6. The van der Waals surface area contributed by atoms with Gasteiger partial charge in [-0.15, -0.1) is 11.3 Å². The highest BCUT2D eigenvalue weighted by Gasteiger charge is 2.26. The molecule has 0 unspecified atom stereocenters. The highest BCUT2D eigenvalue weighted by Crippen LogP contribution is 2.52. The molecule has 0 aliphatic carbocycles. The van der Waals surface area contributed by atoms with E-state index in [1.165, 1.54) is 52.8 Å². The van der Waals surface area contributed by atoms with E-state index in [-0.39, 0.29) is 0 Å². The van der Waals surface area contributed by atoms with Crippen LogP contribution >= 0.6 is 11.3 Å². The van der Waals surface area contributed by atoms with E-state index < -0.39 is 0 Å². The highest BCUT2D eigenvalue weighted by atomic mass is 32.1. The van der Waals surface area contributed by atoms with E-state index in [2.05, 4.69) is 206 Å². The molecule has 0 radical (unpaired) electrons. The van der Waals surface area contributed by atoms with Crippen molar-refractivity contribution in [2.75, 3.05) is 9.80 Å². The smallest absolute Gasteiger partial charge is 0.159 e. The Balaban J connectivity index is 1.14. The minimum atomic E-state index is 0.861. The zero-order chi connectivity index (χ0) is 41.8. The maximum atomic E-state index is 6.76. The predicted molar refractivity (Wildman–Crippen MR) is 268 cm³/mol. The first kappa shape index (κ1) is 35.9. The van der Waals surface area contributed by atoms with Crippen LogP contribution in [0.2, 0.25) is 0 Å². The molecule has 63 heavy (non-hydrogen) atoms. The van der Waals surface area contributed by atoms with Crippen molar-refractivity contribution in [2.24, 2.45) is 0 Å². The van der Waals surface area contributed by atoms with Crippen LogP contribution in [0.15, 0.2) is 203 Å². The topological polar surface area (TPSA) is 32.8 Å². The fourth-order valence-electron chi connectivity index (χ4n) is 9.77. The number of furan rings is 2. The van der Waals surface area contributed by atoms with Gasteiger partial charge < -0.3 is 18.6 Å². The summed E-state index contributed by atoms with van der Waals surface area (Å²) in [6, 6.07) is 70.0. The van der Waals surface area contributed by atoms with Crippen LogP contribution in [0.3, 0.4) is 0 Å². The minimum Gasteiger partial charge on any atom is -0.454 e. The third-order valence-electron chi connectivity index (χ3n) is 12.8.